The molecule has 2 heterocycles. The van der Waals surface area contributed by atoms with Gasteiger partial charge in [0, 0.05) is 17.8 Å². The number of pyridine rings is 1. The van der Waals surface area contributed by atoms with Crippen molar-refractivity contribution in [1.29, 1.82) is 0 Å². The maximum Gasteiger partial charge on any atom is 0.0349 e. The zero-order valence-corrected chi connectivity index (χ0v) is 10.0. The Morgan fingerprint density at radius 2 is 2.06 bits per heavy atom. The summed E-state index contributed by atoms with van der Waals surface area (Å²) >= 11 is 0. The molecule has 0 amide bonds. The fourth-order valence-corrected chi connectivity index (χ4v) is 2.75. The van der Waals surface area contributed by atoms with Crippen LogP contribution in [0, 0.1) is 5.92 Å². The maximum atomic E-state index is 4.25. The van der Waals surface area contributed by atoms with E-state index in [1.165, 1.54) is 48.7 Å². The Labute approximate surface area is 102 Å². The number of nitrogens with zero attached hydrogens (tertiary/aromatic N) is 1. The second-order valence-corrected chi connectivity index (χ2v) is 4.91. The summed E-state index contributed by atoms with van der Waals surface area (Å²) in [5.74, 6) is 0.835. The molecular weight excluding hydrogens is 208 g/mol. The molecule has 0 spiro atoms. The fraction of sp³-hybridized carbons (Fsp3) is 0.400. The van der Waals surface area contributed by atoms with Gasteiger partial charge in [-0.2, -0.15) is 0 Å². The van der Waals surface area contributed by atoms with E-state index in [-0.39, 0.29) is 0 Å². The second kappa shape index (κ2) is 4.84. The number of piperidine rings is 1. The van der Waals surface area contributed by atoms with Crippen molar-refractivity contribution in [2.75, 3.05) is 13.1 Å². The normalized spacial score (nSPS) is 17.4. The van der Waals surface area contributed by atoms with Crippen molar-refractivity contribution in [1.82, 2.24) is 10.3 Å². The van der Waals surface area contributed by atoms with E-state index in [4.69, 9.17) is 0 Å². The molecule has 2 heteroatoms. The lowest BCUT2D eigenvalue weighted by Crippen LogP contribution is -2.28. The van der Waals surface area contributed by atoms with Crippen molar-refractivity contribution < 1.29 is 0 Å². The van der Waals surface area contributed by atoms with E-state index in [0.717, 1.165) is 5.92 Å². The first-order valence-corrected chi connectivity index (χ1v) is 6.46. The summed E-state index contributed by atoms with van der Waals surface area (Å²) in [6, 6.07) is 8.69. The molecule has 1 aliphatic rings. The third-order valence-corrected chi connectivity index (χ3v) is 3.74. The highest BCUT2D eigenvalue weighted by Gasteiger charge is 2.14. The summed E-state index contributed by atoms with van der Waals surface area (Å²) in [6.07, 6.45) is 7.68. The van der Waals surface area contributed by atoms with Gasteiger partial charge in [-0.1, -0.05) is 18.2 Å². The van der Waals surface area contributed by atoms with Crippen molar-refractivity contribution >= 4 is 10.8 Å². The van der Waals surface area contributed by atoms with Gasteiger partial charge >= 0.3 is 0 Å². The number of hydrogen-bond acceptors (Lipinski definition) is 2. The van der Waals surface area contributed by atoms with Crippen LogP contribution in [0.4, 0.5) is 0 Å². The standard InChI is InChI=1S/C15H18N2/c1-2-13-6-9-17-11-15(13)14(3-1)10-12-4-7-16-8-5-12/h1-3,6,9,11-12,16H,4-5,7-8,10H2. The Bertz CT molecular complexity index is 496. The van der Waals surface area contributed by atoms with Crippen molar-refractivity contribution in [3.63, 3.8) is 0 Å². The summed E-state index contributed by atoms with van der Waals surface area (Å²) in [7, 11) is 0. The average molecular weight is 226 g/mol. The van der Waals surface area contributed by atoms with Crippen LogP contribution in [0.1, 0.15) is 18.4 Å². The molecule has 0 radical (unpaired) electrons. The van der Waals surface area contributed by atoms with Gasteiger partial charge in [0.15, 0.2) is 0 Å². The molecule has 0 aliphatic carbocycles. The maximum absolute atomic E-state index is 4.25. The van der Waals surface area contributed by atoms with Crippen LogP contribution in [-0.2, 0) is 6.42 Å². The Morgan fingerprint density at radius 3 is 2.94 bits per heavy atom. The van der Waals surface area contributed by atoms with Gasteiger partial charge in [0.2, 0.25) is 0 Å². The lowest BCUT2D eigenvalue weighted by atomic mass is 9.89. The Kier molecular flexibility index (Phi) is 3.06. The highest BCUT2D eigenvalue weighted by molar-refractivity contribution is 5.84. The van der Waals surface area contributed by atoms with Gasteiger partial charge < -0.3 is 5.32 Å². The van der Waals surface area contributed by atoms with Crippen LogP contribution in [0.5, 0.6) is 0 Å². The number of aromatic nitrogens is 1. The van der Waals surface area contributed by atoms with E-state index in [2.05, 4.69) is 34.6 Å². The van der Waals surface area contributed by atoms with E-state index in [9.17, 15) is 0 Å². The highest BCUT2D eigenvalue weighted by atomic mass is 14.9. The summed E-state index contributed by atoms with van der Waals surface area (Å²) < 4.78 is 0. The van der Waals surface area contributed by atoms with Crippen LogP contribution in [0.15, 0.2) is 36.7 Å². The van der Waals surface area contributed by atoms with E-state index in [1.807, 2.05) is 12.4 Å². The molecule has 3 rings (SSSR count). The molecule has 1 aromatic carbocycles. The molecule has 2 aromatic rings. The molecule has 0 bridgehead atoms. The van der Waals surface area contributed by atoms with Crippen molar-refractivity contribution in [3.8, 4) is 0 Å². The summed E-state index contributed by atoms with van der Waals surface area (Å²) in [5, 5.41) is 6.06. The zero-order chi connectivity index (χ0) is 11.5. The predicted octanol–water partition coefficient (Wildman–Crippen LogP) is 2.78. The van der Waals surface area contributed by atoms with Gasteiger partial charge in [-0.3, -0.25) is 4.98 Å². The molecule has 1 fully saturated rings. The van der Waals surface area contributed by atoms with Gasteiger partial charge in [-0.25, -0.2) is 0 Å². The molecule has 0 atom stereocenters. The molecular formula is C15H18N2. The first-order valence-electron chi connectivity index (χ1n) is 6.46. The monoisotopic (exact) mass is 226 g/mol. The molecule has 1 saturated heterocycles. The van der Waals surface area contributed by atoms with E-state index in [0.29, 0.717) is 0 Å². The molecule has 2 nitrogen and oxygen atoms in total. The summed E-state index contributed by atoms with van der Waals surface area (Å²) in [5.41, 5.74) is 1.46. The third-order valence-electron chi connectivity index (χ3n) is 3.74. The minimum absolute atomic E-state index is 0.835. The zero-order valence-electron chi connectivity index (χ0n) is 10.0. The molecule has 1 aliphatic heterocycles. The fourth-order valence-electron chi connectivity index (χ4n) is 2.75. The smallest absolute Gasteiger partial charge is 0.0349 e. The van der Waals surface area contributed by atoms with E-state index < -0.39 is 0 Å². The minimum Gasteiger partial charge on any atom is -0.317 e. The van der Waals surface area contributed by atoms with E-state index in [1.54, 1.807) is 0 Å². The van der Waals surface area contributed by atoms with Crippen molar-refractivity contribution in [2.24, 2.45) is 5.92 Å². The number of nitrogens with one attached hydrogen (secondary N) is 1. The van der Waals surface area contributed by atoms with Crippen LogP contribution in [0.25, 0.3) is 10.8 Å². The SMILES string of the molecule is c1cc(CC2CCNCC2)c2cnccc2c1. The second-order valence-electron chi connectivity index (χ2n) is 4.91. The van der Waals surface area contributed by atoms with Gasteiger partial charge in [-0.15, -0.1) is 0 Å². The number of fused-ring (bicyclic) bond motifs is 1. The van der Waals surface area contributed by atoms with Gasteiger partial charge in [0.05, 0.1) is 0 Å². The summed E-state index contributed by atoms with van der Waals surface area (Å²) in [4.78, 5) is 4.25. The van der Waals surface area contributed by atoms with Gasteiger partial charge in [-0.05, 0) is 55.3 Å². The first-order chi connectivity index (χ1) is 8.43. The number of hydrogen-bond donors (Lipinski definition) is 1. The first kappa shape index (κ1) is 10.7. The van der Waals surface area contributed by atoms with Crippen LogP contribution in [0.3, 0.4) is 0 Å². The molecule has 1 N–H and O–H groups in total. The molecule has 1 aromatic heterocycles. The number of benzene rings is 1. The average Bonchev–Trinajstić information content (AvgIpc) is 2.40. The highest BCUT2D eigenvalue weighted by Crippen LogP contribution is 2.23. The largest absolute Gasteiger partial charge is 0.317 e. The van der Waals surface area contributed by atoms with Crippen molar-refractivity contribution in [3.05, 3.63) is 42.2 Å². The lowest BCUT2D eigenvalue weighted by Gasteiger charge is -2.23. The minimum atomic E-state index is 0.835. The van der Waals surface area contributed by atoms with Crippen molar-refractivity contribution in [2.45, 2.75) is 19.3 Å². The molecule has 0 unspecified atom stereocenters. The molecule has 88 valence electrons. The van der Waals surface area contributed by atoms with Crippen LogP contribution >= 0.6 is 0 Å². The van der Waals surface area contributed by atoms with E-state index >= 15 is 0 Å². The topological polar surface area (TPSA) is 24.9 Å². The Morgan fingerprint density at radius 1 is 1.18 bits per heavy atom. The van der Waals surface area contributed by atoms with Gasteiger partial charge in [0.25, 0.3) is 0 Å². The summed E-state index contributed by atoms with van der Waals surface area (Å²) in [6.45, 7) is 2.35. The Balaban J connectivity index is 1.89. The molecule has 0 saturated carbocycles. The number of rotatable bonds is 2. The van der Waals surface area contributed by atoms with Crippen LogP contribution in [-0.4, -0.2) is 18.1 Å². The van der Waals surface area contributed by atoms with Crippen LogP contribution in [0.2, 0.25) is 0 Å². The Hall–Kier alpha value is -1.41. The quantitative estimate of drug-likeness (QED) is 0.851. The lowest BCUT2D eigenvalue weighted by molar-refractivity contribution is 0.373. The molecule has 17 heavy (non-hydrogen) atoms. The third kappa shape index (κ3) is 2.32. The van der Waals surface area contributed by atoms with Crippen LogP contribution < -0.4 is 5.32 Å². The predicted molar refractivity (Wildman–Crippen MR) is 71.0 cm³/mol. The van der Waals surface area contributed by atoms with Gasteiger partial charge in [0.1, 0.15) is 0 Å².